The molecule has 0 heterocycles. The fraction of sp³-hybridized carbons (Fsp3) is 0.571. The van der Waals surface area contributed by atoms with Gasteiger partial charge in [-0.15, -0.1) is 0 Å². The van der Waals surface area contributed by atoms with Crippen LogP contribution in [0.4, 0.5) is 0 Å². The molecule has 1 rings (SSSR count). The highest BCUT2D eigenvalue weighted by atomic mass is 32.2. The number of ether oxygens (including phenoxy) is 2. The van der Waals surface area contributed by atoms with Crippen molar-refractivity contribution in [2.75, 3.05) is 26.2 Å². The summed E-state index contributed by atoms with van der Waals surface area (Å²) < 4.78 is 21.8. The monoisotopic (exact) mass is 285 g/mol. The van der Waals surface area contributed by atoms with Gasteiger partial charge in [0, 0.05) is 46.5 Å². The number of methoxy groups -OCH3 is 2. The minimum absolute atomic E-state index is 0.124. The Morgan fingerprint density at radius 3 is 2.47 bits per heavy atom. The largest absolute Gasteiger partial charge is 0.497 e. The average Bonchev–Trinajstić information content (AvgIpc) is 2.36. The molecule has 0 bridgehead atoms. The SMILES string of the molecule is COc1ccc(C(C)NC(C)CS(C)=O)c(OC)c1. The quantitative estimate of drug-likeness (QED) is 0.833. The predicted molar refractivity (Wildman–Crippen MR) is 79.5 cm³/mol. The minimum atomic E-state index is -0.794. The highest BCUT2D eigenvalue weighted by Crippen LogP contribution is 2.29. The van der Waals surface area contributed by atoms with Gasteiger partial charge in [0.2, 0.25) is 0 Å². The van der Waals surface area contributed by atoms with Gasteiger partial charge < -0.3 is 14.8 Å². The maximum atomic E-state index is 11.2. The smallest absolute Gasteiger partial charge is 0.127 e. The van der Waals surface area contributed by atoms with Gasteiger partial charge in [-0.05, 0) is 19.9 Å². The lowest BCUT2D eigenvalue weighted by atomic mass is 10.1. The van der Waals surface area contributed by atoms with Crippen molar-refractivity contribution in [3.8, 4) is 11.5 Å². The molecule has 0 aromatic heterocycles. The first-order chi connectivity index (χ1) is 8.97. The van der Waals surface area contributed by atoms with Gasteiger partial charge in [-0.25, -0.2) is 0 Å². The van der Waals surface area contributed by atoms with Crippen LogP contribution in [0.15, 0.2) is 18.2 Å². The Balaban J connectivity index is 2.81. The summed E-state index contributed by atoms with van der Waals surface area (Å²) in [6, 6.07) is 6.09. The molecule has 108 valence electrons. The van der Waals surface area contributed by atoms with E-state index in [2.05, 4.69) is 12.2 Å². The van der Waals surface area contributed by atoms with E-state index in [1.165, 1.54) is 0 Å². The Morgan fingerprint density at radius 1 is 1.26 bits per heavy atom. The molecule has 1 N–H and O–H groups in total. The first-order valence-corrected chi connectivity index (χ1v) is 7.98. The Labute approximate surface area is 118 Å². The van der Waals surface area contributed by atoms with Crippen molar-refractivity contribution in [3.63, 3.8) is 0 Å². The lowest BCUT2D eigenvalue weighted by Gasteiger charge is -2.21. The van der Waals surface area contributed by atoms with Crippen LogP contribution in [0.25, 0.3) is 0 Å². The molecular weight excluding hydrogens is 262 g/mol. The molecular formula is C14H23NO3S. The zero-order valence-corrected chi connectivity index (χ0v) is 13.0. The van der Waals surface area contributed by atoms with Crippen LogP contribution in [0.5, 0.6) is 11.5 Å². The molecule has 1 aromatic carbocycles. The number of hydrogen-bond acceptors (Lipinski definition) is 4. The van der Waals surface area contributed by atoms with Crippen LogP contribution in [0, 0.1) is 0 Å². The summed E-state index contributed by atoms with van der Waals surface area (Å²) in [5.74, 6) is 2.21. The van der Waals surface area contributed by atoms with Crippen molar-refractivity contribution in [3.05, 3.63) is 23.8 Å². The van der Waals surface area contributed by atoms with Crippen molar-refractivity contribution in [1.29, 1.82) is 0 Å². The predicted octanol–water partition coefficient (Wildman–Crippen LogP) is 2.12. The fourth-order valence-electron chi connectivity index (χ4n) is 2.09. The zero-order valence-electron chi connectivity index (χ0n) is 12.2. The Kier molecular flexibility index (Phi) is 6.31. The van der Waals surface area contributed by atoms with Crippen LogP contribution in [-0.2, 0) is 10.8 Å². The van der Waals surface area contributed by atoms with Gasteiger partial charge >= 0.3 is 0 Å². The van der Waals surface area contributed by atoms with Crippen molar-refractivity contribution >= 4 is 10.8 Å². The van der Waals surface area contributed by atoms with E-state index in [9.17, 15) is 4.21 Å². The maximum Gasteiger partial charge on any atom is 0.127 e. The first kappa shape index (κ1) is 16.0. The molecule has 3 atom stereocenters. The van der Waals surface area contributed by atoms with E-state index in [0.29, 0.717) is 5.75 Å². The van der Waals surface area contributed by atoms with Gasteiger partial charge in [0.15, 0.2) is 0 Å². The second kappa shape index (κ2) is 7.50. The van der Waals surface area contributed by atoms with Crippen molar-refractivity contribution in [1.82, 2.24) is 5.32 Å². The van der Waals surface area contributed by atoms with E-state index >= 15 is 0 Å². The van der Waals surface area contributed by atoms with Gasteiger partial charge in [-0.3, -0.25) is 4.21 Å². The van der Waals surface area contributed by atoms with Gasteiger partial charge in [-0.2, -0.15) is 0 Å². The molecule has 0 spiro atoms. The Bertz CT molecular complexity index is 437. The lowest BCUT2D eigenvalue weighted by molar-refractivity contribution is 0.383. The minimum Gasteiger partial charge on any atom is -0.497 e. The topological polar surface area (TPSA) is 47.6 Å². The fourth-order valence-corrected chi connectivity index (χ4v) is 2.89. The van der Waals surface area contributed by atoms with E-state index in [4.69, 9.17) is 9.47 Å². The van der Waals surface area contributed by atoms with E-state index in [0.717, 1.165) is 17.1 Å². The van der Waals surface area contributed by atoms with Crippen LogP contribution in [0.2, 0.25) is 0 Å². The Morgan fingerprint density at radius 2 is 1.95 bits per heavy atom. The average molecular weight is 285 g/mol. The Hall–Kier alpha value is -1.07. The molecule has 5 heteroatoms. The molecule has 0 aliphatic rings. The number of benzene rings is 1. The molecule has 0 saturated heterocycles. The third-order valence-corrected chi connectivity index (χ3v) is 3.90. The second-order valence-corrected chi connectivity index (χ2v) is 6.12. The molecule has 0 fully saturated rings. The summed E-state index contributed by atoms with van der Waals surface area (Å²) in [4.78, 5) is 0. The van der Waals surface area contributed by atoms with Crippen molar-refractivity contribution < 1.29 is 13.7 Å². The third kappa shape index (κ3) is 4.84. The summed E-state index contributed by atoms with van der Waals surface area (Å²) in [6.45, 7) is 4.10. The van der Waals surface area contributed by atoms with E-state index in [-0.39, 0.29) is 12.1 Å². The molecule has 4 nitrogen and oxygen atoms in total. The molecule has 0 amide bonds. The van der Waals surface area contributed by atoms with Gasteiger partial charge in [0.05, 0.1) is 14.2 Å². The highest BCUT2D eigenvalue weighted by Gasteiger charge is 2.15. The third-order valence-electron chi connectivity index (χ3n) is 2.93. The summed E-state index contributed by atoms with van der Waals surface area (Å²) in [7, 11) is 2.49. The lowest BCUT2D eigenvalue weighted by Crippen LogP contribution is -2.33. The molecule has 19 heavy (non-hydrogen) atoms. The van der Waals surface area contributed by atoms with E-state index < -0.39 is 10.8 Å². The normalized spacial score (nSPS) is 15.6. The molecule has 0 saturated carbocycles. The molecule has 0 aliphatic heterocycles. The van der Waals surface area contributed by atoms with E-state index in [1.807, 2.05) is 25.1 Å². The number of rotatable bonds is 7. The van der Waals surface area contributed by atoms with Crippen molar-refractivity contribution in [2.24, 2.45) is 0 Å². The zero-order chi connectivity index (χ0) is 14.4. The number of nitrogens with one attached hydrogen (secondary N) is 1. The summed E-state index contributed by atoms with van der Waals surface area (Å²) >= 11 is 0. The van der Waals surface area contributed by atoms with Crippen LogP contribution in [0.1, 0.15) is 25.5 Å². The molecule has 1 aromatic rings. The highest BCUT2D eigenvalue weighted by molar-refractivity contribution is 7.84. The first-order valence-electron chi connectivity index (χ1n) is 6.26. The summed E-state index contributed by atoms with van der Waals surface area (Å²) in [5.41, 5.74) is 1.07. The summed E-state index contributed by atoms with van der Waals surface area (Å²) in [5, 5.41) is 3.43. The maximum absolute atomic E-state index is 11.2. The molecule has 0 aliphatic carbocycles. The van der Waals surface area contributed by atoms with Crippen LogP contribution in [-0.4, -0.2) is 36.5 Å². The van der Waals surface area contributed by atoms with Gasteiger partial charge in [-0.1, -0.05) is 6.07 Å². The second-order valence-electron chi connectivity index (χ2n) is 4.64. The molecule has 0 radical (unpaired) electrons. The van der Waals surface area contributed by atoms with Crippen LogP contribution in [0.3, 0.4) is 0 Å². The standard InChI is InChI=1S/C14H23NO3S/c1-10(9-19(5)16)15-11(2)13-7-6-12(17-3)8-14(13)18-4/h6-8,10-11,15H,9H2,1-5H3. The van der Waals surface area contributed by atoms with Crippen molar-refractivity contribution in [2.45, 2.75) is 25.9 Å². The number of hydrogen-bond donors (Lipinski definition) is 1. The van der Waals surface area contributed by atoms with Crippen LogP contribution >= 0.6 is 0 Å². The van der Waals surface area contributed by atoms with Crippen LogP contribution < -0.4 is 14.8 Å². The molecule has 3 unspecified atom stereocenters. The van der Waals surface area contributed by atoms with E-state index in [1.54, 1.807) is 20.5 Å². The van der Waals surface area contributed by atoms with Gasteiger partial charge in [0.25, 0.3) is 0 Å². The summed E-state index contributed by atoms with van der Waals surface area (Å²) in [6.07, 6.45) is 1.72. The van der Waals surface area contributed by atoms with Gasteiger partial charge in [0.1, 0.15) is 11.5 Å².